The topological polar surface area (TPSA) is 63.7 Å². The molecule has 19 heavy (non-hydrogen) atoms. The van der Waals surface area contributed by atoms with Crippen LogP contribution < -0.4 is 4.74 Å². The van der Waals surface area contributed by atoms with Gasteiger partial charge in [0.25, 0.3) is 0 Å². The van der Waals surface area contributed by atoms with Crippen molar-refractivity contribution in [3.8, 4) is 17.1 Å². The number of nitrogens with zero attached hydrogens (tertiary/aromatic N) is 3. The van der Waals surface area contributed by atoms with Crippen LogP contribution in [0.2, 0.25) is 0 Å². The van der Waals surface area contributed by atoms with E-state index in [2.05, 4.69) is 20.2 Å². The Kier molecular flexibility index (Phi) is 2.63. The average molecular weight is 258 g/mol. The van der Waals surface area contributed by atoms with E-state index in [0.717, 1.165) is 11.2 Å². The maximum atomic E-state index is 14.0. The van der Waals surface area contributed by atoms with E-state index in [-0.39, 0.29) is 11.4 Å². The molecule has 0 aliphatic rings. The monoisotopic (exact) mass is 258 g/mol. The van der Waals surface area contributed by atoms with Crippen LogP contribution in [0.1, 0.15) is 5.69 Å². The third-order valence-corrected chi connectivity index (χ3v) is 2.89. The number of halogens is 1. The maximum absolute atomic E-state index is 14.0. The quantitative estimate of drug-likeness (QED) is 0.767. The summed E-state index contributed by atoms with van der Waals surface area (Å²) in [6.45, 7) is 1.83. The number of H-pyrrole nitrogens is 1. The Morgan fingerprint density at radius 1 is 1.32 bits per heavy atom. The number of aromatic amines is 1. The Hall–Kier alpha value is -2.50. The van der Waals surface area contributed by atoms with Crippen molar-refractivity contribution in [2.45, 2.75) is 6.92 Å². The van der Waals surface area contributed by atoms with E-state index in [1.807, 2.05) is 6.92 Å². The molecule has 0 atom stereocenters. The minimum atomic E-state index is -0.417. The summed E-state index contributed by atoms with van der Waals surface area (Å²) in [5.41, 5.74) is 2.40. The van der Waals surface area contributed by atoms with Gasteiger partial charge in [0.15, 0.2) is 5.82 Å². The molecule has 5 nitrogen and oxygen atoms in total. The van der Waals surface area contributed by atoms with Crippen molar-refractivity contribution in [1.82, 2.24) is 20.2 Å². The second kappa shape index (κ2) is 4.31. The van der Waals surface area contributed by atoms with Gasteiger partial charge in [0.05, 0.1) is 24.6 Å². The number of aromatic nitrogens is 4. The maximum Gasteiger partial charge on any atom is 0.166 e. The van der Waals surface area contributed by atoms with Gasteiger partial charge in [-0.25, -0.2) is 14.4 Å². The highest BCUT2D eigenvalue weighted by molar-refractivity contribution is 5.78. The Morgan fingerprint density at radius 3 is 2.95 bits per heavy atom. The van der Waals surface area contributed by atoms with Gasteiger partial charge in [-0.05, 0) is 19.1 Å². The van der Waals surface area contributed by atoms with Crippen LogP contribution in [0.15, 0.2) is 24.4 Å². The minimum Gasteiger partial charge on any atom is -0.496 e. The van der Waals surface area contributed by atoms with Gasteiger partial charge < -0.3 is 4.74 Å². The molecule has 1 aromatic carbocycles. The van der Waals surface area contributed by atoms with Crippen molar-refractivity contribution in [2.75, 3.05) is 7.11 Å². The molecule has 0 saturated carbocycles. The van der Waals surface area contributed by atoms with E-state index < -0.39 is 5.82 Å². The van der Waals surface area contributed by atoms with Crippen LogP contribution >= 0.6 is 0 Å². The highest BCUT2D eigenvalue weighted by Crippen LogP contribution is 2.30. The molecule has 0 amide bonds. The van der Waals surface area contributed by atoms with E-state index in [4.69, 9.17) is 4.74 Å². The molecule has 0 fully saturated rings. The summed E-state index contributed by atoms with van der Waals surface area (Å²) >= 11 is 0. The fourth-order valence-electron chi connectivity index (χ4n) is 1.95. The molecule has 0 bridgehead atoms. The van der Waals surface area contributed by atoms with E-state index in [1.54, 1.807) is 18.3 Å². The molecule has 3 rings (SSSR count). The lowest BCUT2D eigenvalue weighted by atomic mass is 10.1. The molecule has 0 saturated heterocycles. The SMILES string of the molecule is COc1cccc(F)c1-c1ncc2[nH]nc(C)c2n1. The summed E-state index contributed by atoms with van der Waals surface area (Å²) in [5.74, 6) is 0.271. The van der Waals surface area contributed by atoms with Crippen LogP contribution in [0.4, 0.5) is 4.39 Å². The number of aryl methyl sites for hydroxylation is 1. The van der Waals surface area contributed by atoms with Crippen molar-refractivity contribution in [2.24, 2.45) is 0 Å². The molecule has 0 radical (unpaired) electrons. The van der Waals surface area contributed by atoms with Crippen molar-refractivity contribution in [3.63, 3.8) is 0 Å². The highest BCUT2D eigenvalue weighted by atomic mass is 19.1. The van der Waals surface area contributed by atoms with Crippen molar-refractivity contribution in [3.05, 3.63) is 35.9 Å². The first-order valence-corrected chi connectivity index (χ1v) is 5.71. The number of ether oxygens (including phenoxy) is 1. The molecule has 2 heterocycles. The van der Waals surface area contributed by atoms with Gasteiger partial charge in [-0.1, -0.05) is 6.07 Å². The Balaban J connectivity index is 2.27. The first-order chi connectivity index (χ1) is 9.20. The van der Waals surface area contributed by atoms with Crippen LogP contribution in [0.25, 0.3) is 22.4 Å². The molecular formula is C13H11FN4O. The van der Waals surface area contributed by atoms with Gasteiger partial charge >= 0.3 is 0 Å². The third-order valence-electron chi connectivity index (χ3n) is 2.89. The first kappa shape index (κ1) is 11.6. The number of fused-ring (bicyclic) bond motifs is 1. The van der Waals surface area contributed by atoms with Crippen LogP contribution in [0.5, 0.6) is 5.75 Å². The van der Waals surface area contributed by atoms with Crippen molar-refractivity contribution in [1.29, 1.82) is 0 Å². The number of benzene rings is 1. The van der Waals surface area contributed by atoms with Gasteiger partial charge in [0, 0.05) is 0 Å². The zero-order chi connectivity index (χ0) is 13.4. The number of hydrogen-bond donors (Lipinski definition) is 1. The van der Waals surface area contributed by atoms with E-state index in [1.165, 1.54) is 13.2 Å². The summed E-state index contributed by atoms with van der Waals surface area (Å²) in [6, 6.07) is 4.61. The normalized spacial score (nSPS) is 10.9. The first-order valence-electron chi connectivity index (χ1n) is 5.71. The van der Waals surface area contributed by atoms with Crippen molar-refractivity contribution >= 4 is 11.0 Å². The van der Waals surface area contributed by atoms with Crippen LogP contribution in [0.3, 0.4) is 0 Å². The zero-order valence-electron chi connectivity index (χ0n) is 10.4. The lowest BCUT2D eigenvalue weighted by Gasteiger charge is -2.07. The summed E-state index contributed by atoms with van der Waals surface area (Å²) in [4.78, 5) is 8.51. The minimum absolute atomic E-state index is 0.257. The standard InChI is InChI=1S/C13H11FN4O/c1-7-12-9(18-17-7)6-15-13(16-12)11-8(14)4-3-5-10(11)19-2/h3-6H,1-2H3,(H,17,18). The molecule has 0 unspecified atom stereocenters. The smallest absolute Gasteiger partial charge is 0.166 e. The second-order valence-electron chi connectivity index (χ2n) is 4.08. The number of nitrogens with one attached hydrogen (secondary N) is 1. The summed E-state index contributed by atoms with van der Waals surface area (Å²) in [6.07, 6.45) is 1.59. The largest absolute Gasteiger partial charge is 0.496 e. The van der Waals surface area contributed by atoms with E-state index >= 15 is 0 Å². The second-order valence-corrected chi connectivity index (χ2v) is 4.08. The van der Waals surface area contributed by atoms with Gasteiger partial charge in [-0.3, -0.25) is 5.10 Å². The average Bonchev–Trinajstić information content (AvgIpc) is 2.79. The molecule has 0 spiro atoms. The molecule has 1 N–H and O–H groups in total. The van der Waals surface area contributed by atoms with Gasteiger partial charge in [0.2, 0.25) is 0 Å². The lowest BCUT2D eigenvalue weighted by molar-refractivity contribution is 0.413. The Labute approximate surface area is 108 Å². The zero-order valence-corrected chi connectivity index (χ0v) is 10.4. The van der Waals surface area contributed by atoms with Gasteiger partial charge in [-0.2, -0.15) is 5.10 Å². The third kappa shape index (κ3) is 1.81. The van der Waals surface area contributed by atoms with Crippen molar-refractivity contribution < 1.29 is 9.13 Å². The van der Waals surface area contributed by atoms with Gasteiger partial charge in [-0.15, -0.1) is 0 Å². The van der Waals surface area contributed by atoms with Gasteiger partial charge in [0.1, 0.15) is 22.6 Å². The fraction of sp³-hybridized carbons (Fsp3) is 0.154. The van der Waals surface area contributed by atoms with E-state index in [9.17, 15) is 4.39 Å². The molecule has 0 aliphatic heterocycles. The lowest BCUT2D eigenvalue weighted by Crippen LogP contribution is -1.96. The number of methoxy groups -OCH3 is 1. The highest BCUT2D eigenvalue weighted by Gasteiger charge is 2.15. The molecule has 96 valence electrons. The van der Waals surface area contributed by atoms with Crippen LogP contribution in [-0.2, 0) is 0 Å². The summed E-state index contributed by atoms with van der Waals surface area (Å²) in [5, 5.41) is 6.85. The molecule has 3 aromatic rings. The molecule has 0 aliphatic carbocycles. The molecule has 2 aromatic heterocycles. The summed E-state index contributed by atoms with van der Waals surface area (Å²) in [7, 11) is 1.49. The fourth-order valence-corrected chi connectivity index (χ4v) is 1.95. The Morgan fingerprint density at radius 2 is 2.16 bits per heavy atom. The molecule has 6 heteroatoms. The predicted octanol–water partition coefficient (Wildman–Crippen LogP) is 2.48. The van der Waals surface area contributed by atoms with Crippen LogP contribution in [0, 0.1) is 12.7 Å². The van der Waals surface area contributed by atoms with E-state index in [0.29, 0.717) is 11.3 Å². The predicted molar refractivity (Wildman–Crippen MR) is 68.4 cm³/mol. The number of rotatable bonds is 2. The number of hydrogen-bond acceptors (Lipinski definition) is 4. The molecular weight excluding hydrogens is 247 g/mol. The van der Waals surface area contributed by atoms with Crippen LogP contribution in [-0.4, -0.2) is 27.3 Å². The Bertz CT molecular complexity index is 753. The summed E-state index contributed by atoms with van der Waals surface area (Å²) < 4.78 is 19.1.